The Morgan fingerprint density at radius 1 is 1.33 bits per heavy atom. The molecule has 0 N–H and O–H groups in total. The molecule has 0 radical (unpaired) electrons. The van der Waals surface area contributed by atoms with Gasteiger partial charge in [-0.25, -0.2) is 4.98 Å². The molecule has 1 atom stereocenters. The summed E-state index contributed by atoms with van der Waals surface area (Å²) < 4.78 is 1.81. The van der Waals surface area contributed by atoms with Gasteiger partial charge >= 0.3 is 0 Å². The van der Waals surface area contributed by atoms with Crippen molar-refractivity contribution in [3.05, 3.63) is 67.7 Å². The number of hydrogen-bond acceptors (Lipinski definition) is 3. The first-order chi connectivity index (χ1) is 14.3. The lowest BCUT2D eigenvalue weighted by atomic mass is 9.97. The molecule has 1 aromatic carbocycles. The van der Waals surface area contributed by atoms with Gasteiger partial charge in [0, 0.05) is 24.2 Å². The molecular formula is C25H32ClN3O. The van der Waals surface area contributed by atoms with Gasteiger partial charge in [0.15, 0.2) is 0 Å². The van der Waals surface area contributed by atoms with Crippen molar-refractivity contribution < 1.29 is 0 Å². The largest absolute Gasteiger partial charge is 0.301 e. The van der Waals surface area contributed by atoms with Gasteiger partial charge < -0.3 is 4.90 Å². The quantitative estimate of drug-likeness (QED) is 0.734. The van der Waals surface area contributed by atoms with Gasteiger partial charge in [-0.3, -0.25) is 9.36 Å². The maximum atomic E-state index is 13.0. The third-order valence-electron chi connectivity index (χ3n) is 6.00. The first-order valence-electron chi connectivity index (χ1n) is 10.7. The lowest BCUT2D eigenvalue weighted by molar-refractivity contribution is 0.129. The van der Waals surface area contributed by atoms with Gasteiger partial charge in [-0.15, -0.1) is 0 Å². The van der Waals surface area contributed by atoms with Crippen LogP contribution in [-0.2, 0) is 6.54 Å². The Bertz CT molecular complexity index is 1080. The summed E-state index contributed by atoms with van der Waals surface area (Å²) in [5, 5.41) is 1.80. The van der Waals surface area contributed by atoms with Crippen LogP contribution < -0.4 is 16.1 Å². The van der Waals surface area contributed by atoms with Crippen molar-refractivity contribution in [1.29, 1.82) is 0 Å². The fourth-order valence-electron chi connectivity index (χ4n) is 4.06. The molecule has 1 saturated heterocycles. The molecule has 1 fully saturated rings. The zero-order valence-electron chi connectivity index (χ0n) is 18.5. The molecule has 2 aromatic rings. The van der Waals surface area contributed by atoms with Gasteiger partial charge in [0.25, 0.3) is 5.56 Å². The number of halogens is 1. The van der Waals surface area contributed by atoms with E-state index in [2.05, 4.69) is 25.3 Å². The van der Waals surface area contributed by atoms with Crippen molar-refractivity contribution >= 4 is 29.8 Å². The standard InChI is InChI=1S/C25H32ClN3O/c1-17(2)28-14-6-7-21(15-28)16-29-20(5)27-24(19(4)25(29)30)13-8-18(3)22-9-11-23(26)12-10-22/h8-13,17,21H,4,6-7,14-16H2,1-3,5H3. The third-order valence-corrected chi connectivity index (χ3v) is 6.25. The molecule has 0 bridgehead atoms. The van der Waals surface area contributed by atoms with E-state index in [1.807, 2.05) is 54.8 Å². The average Bonchev–Trinajstić information content (AvgIpc) is 2.73. The Morgan fingerprint density at radius 2 is 2.03 bits per heavy atom. The van der Waals surface area contributed by atoms with Gasteiger partial charge in [0.1, 0.15) is 5.82 Å². The minimum atomic E-state index is -0.0343. The molecule has 0 saturated carbocycles. The summed E-state index contributed by atoms with van der Waals surface area (Å²) in [6.07, 6.45) is 6.19. The Morgan fingerprint density at radius 3 is 2.70 bits per heavy atom. The fourth-order valence-corrected chi connectivity index (χ4v) is 4.19. The Labute approximate surface area is 184 Å². The zero-order valence-corrected chi connectivity index (χ0v) is 19.2. The number of likely N-dealkylation sites (tertiary alicyclic amines) is 1. The van der Waals surface area contributed by atoms with Crippen LogP contribution in [0.1, 0.15) is 45.0 Å². The number of rotatable bonds is 5. The van der Waals surface area contributed by atoms with Gasteiger partial charge in [-0.2, -0.15) is 0 Å². The second kappa shape index (κ2) is 9.76. The first kappa shape index (κ1) is 22.5. The van der Waals surface area contributed by atoms with Crippen LogP contribution in [0.3, 0.4) is 0 Å². The monoisotopic (exact) mass is 425 g/mol. The van der Waals surface area contributed by atoms with Crippen LogP contribution >= 0.6 is 11.6 Å². The van der Waals surface area contributed by atoms with Crippen molar-refractivity contribution in [1.82, 2.24) is 14.5 Å². The van der Waals surface area contributed by atoms with Crippen LogP contribution in [0.15, 0.2) is 35.1 Å². The van der Waals surface area contributed by atoms with Gasteiger partial charge in [-0.05, 0) is 82.3 Å². The molecule has 1 aromatic heterocycles. The molecule has 3 rings (SSSR count). The van der Waals surface area contributed by atoms with E-state index < -0.39 is 0 Å². The second-order valence-corrected chi connectivity index (χ2v) is 9.00. The molecular weight excluding hydrogens is 394 g/mol. The van der Waals surface area contributed by atoms with Crippen LogP contribution in [0.4, 0.5) is 0 Å². The summed E-state index contributed by atoms with van der Waals surface area (Å²) in [6, 6.07) is 8.25. The van der Waals surface area contributed by atoms with E-state index in [9.17, 15) is 4.79 Å². The van der Waals surface area contributed by atoms with Crippen LogP contribution in [0.5, 0.6) is 0 Å². The normalized spacial score (nSPS) is 18.9. The number of hydrogen-bond donors (Lipinski definition) is 0. The summed E-state index contributed by atoms with van der Waals surface area (Å²) in [5.74, 6) is 1.22. The summed E-state index contributed by atoms with van der Waals surface area (Å²) in [5.41, 5.74) is 2.12. The number of aryl methyl sites for hydroxylation is 1. The zero-order chi connectivity index (χ0) is 21.8. The highest BCUT2D eigenvalue weighted by Gasteiger charge is 2.22. The van der Waals surface area contributed by atoms with Gasteiger partial charge in [0.05, 0.1) is 10.6 Å². The summed E-state index contributed by atoms with van der Waals surface area (Å²) in [4.78, 5) is 20.2. The third kappa shape index (κ3) is 5.30. The van der Waals surface area contributed by atoms with E-state index in [1.54, 1.807) is 0 Å². The SMILES string of the molecule is C=c1c(=CC=C(C)c2ccc(Cl)cc2)nc(C)n(CC2CCCN(C(C)C)C2)c1=O. The van der Waals surface area contributed by atoms with E-state index in [0.29, 0.717) is 34.1 Å². The van der Waals surface area contributed by atoms with Crippen molar-refractivity contribution in [3.63, 3.8) is 0 Å². The molecule has 2 heterocycles. The van der Waals surface area contributed by atoms with Gasteiger partial charge in [0.2, 0.25) is 0 Å². The number of allylic oxidation sites excluding steroid dienone is 2. The topological polar surface area (TPSA) is 38.1 Å². The number of nitrogens with zero attached hydrogens (tertiary/aromatic N) is 3. The number of benzene rings is 1. The maximum absolute atomic E-state index is 13.0. The van der Waals surface area contributed by atoms with Crippen LogP contribution in [-0.4, -0.2) is 33.6 Å². The highest BCUT2D eigenvalue weighted by molar-refractivity contribution is 6.30. The minimum Gasteiger partial charge on any atom is -0.301 e. The molecule has 5 heteroatoms. The van der Waals surface area contributed by atoms with E-state index in [-0.39, 0.29) is 5.56 Å². The lowest BCUT2D eigenvalue weighted by Crippen LogP contribution is -2.49. The second-order valence-electron chi connectivity index (χ2n) is 8.56. The Hall–Kier alpha value is -2.17. The van der Waals surface area contributed by atoms with Crippen LogP contribution in [0.2, 0.25) is 5.02 Å². The summed E-state index contributed by atoms with van der Waals surface area (Å²) in [6.45, 7) is 15.3. The van der Waals surface area contributed by atoms with E-state index in [1.165, 1.54) is 6.42 Å². The molecule has 0 spiro atoms. The van der Waals surface area contributed by atoms with Crippen molar-refractivity contribution in [2.45, 2.75) is 53.1 Å². The highest BCUT2D eigenvalue weighted by Crippen LogP contribution is 2.20. The number of piperidine rings is 1. The maximum Gasteiger partial charge on any atom is 0.260 e. The van der Waals surface area contributed by atoms with Crippen molar-refractivity contribution in [3.8, 4) is 0 Å². The molecule has 1 aliphatic heterocycles. The molecule has 160 valence electrons. The first-order valence-corrected chi connectivity index (χ1v) is 11.1. The van der Waals surface area contributed by atoms with Crippen LogP contribution in [0, 0.1) is 12.8 Å². The number of aromatic nitrogens is 2. The molecule has 30 heavy (non-hydrogen) atoms. The van der Waals surface area contributed by atoms with E-state index in [0.717, 1.165) is 36.5 Å². The summed E-state index contributed by atoms with van der Waals surface area (Å²) >= 11 is 5.97. The highest BCUT2D eigenvalue weighted by atomic mass is 35.5. The lowest BCUT2D eigenvalue weighted by Gasteiger charge is -2.35. The smallest absolute Gasteiger partial charge is 0.260 e. The molecule has 0 amide bonds. The predicted molar refractivity (Wildman–Crippen MR) is 127 cm³/mol. The summed E-state index contributed by atoms with van der Waals surface area (Å²) in [7, 11) is 0. The van der Waals surface area contributed by atoms with Crippen LogP contribution in [0.25, 0.3) is 18.2 Å². The van der Waals surface area contributed by atoms with Crippen molar-refractivity contribution in [2.75, 3.05) is 13.1 Å². The van der Waals surface area contributed by atoms with Gasteiger partial charge in [-0.1, -0.05) is 36.4 Å². The Kier molecular flexibility index (Phi) is 7.32. The van der Waals surface area contributed by atoms with E-state index in [4.69, 9.17) is 16.6 Å². The minimum absolute atomic E-state index is 0.0343. The predicted octanol–water partition coefficient (Wildman–Crippen LogP) is 3.62. The molecule has 0 aliphatic carbocycles. The molecule has 1 aliphatic rings. The average molecular weight is 426 g/mol. The fraction of sp³-hybridized carbons (Fsp3) is 0.440. The van der Waals surface area contributed by atoms with Crippen molar-refractivity contribution in [2.24, 2.45) is 5.92 Å². The molecule has 4 nitrogen and oxygen atoms in total. The molecule has 1 unspecified atom stereocenters. The Balaban J connectivity index is 1.87. The van der Waals surface area contributed by atoms with E-state index >= 15 is 0 Å².